The van der Waals surface area contributed by atoms with Gasteiger partial charge in [0.15, 0.2) is 5.96 Å². The summed E-state index contributed by atoms with van der Waals surface area (Å²) >= 11 is 0. The van der Waals surface area contributed by atoms with Gasteiger partial charge in [0.05, 0.1) is 23.9 Å². The summed E-state index contributed by atoms with van der Waals surface area (Å²) in [6.07, 6.45) is 0. The van der Waals surface area contributed by atoms with Crippen LogP contribution in [0.4, 0.5) is 0 Å². The van der Waals surface area contributed by atoms with Gasteiger partial charge in [-0.1, -0.05) is 18.2 Å². The fourth-order valence-corrected chi connectivity index (χ4v) is 3.99. The lowest BCUT2D eigenvalue weighted by Crippen LogP contribution is -2.54. The van der Waals surface area contributed by atoms with Gasteiger partial charge in [0.25, 0.3) is 0 Å². The van der Waals surface area contributed by atoms with Gasteiger partial charge in [0.1, 0.15) is 0 Å². The highest BCUT2D eigenvalue weighted by atomic mass is 127. The molecule has 7 nitrogen and oxygen atoms in total. The lowest BCUT2D eigenvalue weighted by atomic mass is 10.3. The summed E-state index contributed by atoms with van der Waals surface area (Å²) in [5.41, 5.74) is 0. The van der Waals surface area contributed by atoms with Gasteiger partial charge in [-0.2, -0.15) is 0 Å². The Morgan fingerprint density at radius 3 is 2.41 bits per heavy atom. The molecule has 1 aromatic carbocycles. The number of carbonyl (C=O) groups is 1. The molecule has 0 spiro atoms. The summed E-state index contributed by atoms with van der Waals surface area (Å²) in [5.74, 6) is 1.44. The van der Waals surface area contributed by atoms with Crippen LogP contribution in [0.2, 0.25) is 0 Å². The Balaban J connectivity index is 0.00000420. The highest BCUT2D eigenvalue weighted by Crippen LogP contribution is 2.06. The molecule has 1 aromatic rings. The Morgan fingerprint density at radius 2 is 1.83 bits per heavy atom. The van der Waals surface area contributed by atoms with Crippen molar-refractivity contribution in [3.8, 4) is 0 Å². The number of benzene rings is 1. The van der Waals surface area contributed by atoms with Crippen molar-refractivity contribution in [2.45, 2.75) is 31.7 Å². The molecule has 0 radical (unpaired) electrons. The summed E-state index contributed by atoms with van der Waals surface area (Å²) in [6, 6.07) is 9.68. The molecule has 1 unspecified atom stereocenters. The van der Waals surface area contributed by atoms with Crippen LogP contribution >= 0.6 is 24.0 Å². The van der Waals surface area contributed by atoms with Crippen LogP contribution in [-0.2, 0) is 15.6 Å². The topological polar surface area (TPSA) is 77.0 Å². The standard InChI is InChI=1S/C20H33N5O2S.HI/c1-4-21-20(22-10-15-28(27)18-8-6-5-7-9-18)25-13-11-24(12-14-25)16-19(26)23-17(2)3;/h5-9,17H,4,10-16H2,1-3H3,(H,21,22)(H,23,26);1H. The molecule has 1 atom stereocenters. The van der Waals surface area contributed by atoms with Crippen LogP contribution in [0, 0.1) is 0 Å². The van der Waals surface area contributed by atoms with E-state index in [2.05, 4.69) is 25.4 Å². The summed E-state index contributed by atoms with van der Waals surface area (Å²) in [7, 11) is -1.03. The van der Waals surface area contributed by atoms with Crippen LogP contribution in [0.5, 0.6) is 0 Å². The van der Waals surface area contributed by atoms with Gasteiger partial charge < -0.3 is 15.5 Å². The number of hydrogen-bond donors (Lipinski definition) is 2. The minimum Gasteiger partial charge on any atom is -0.357 e. The molecular formula is C20H34IN5O2S. The Morgan fingerprint density at radius 1 is 1.17 bits per heavy atom. The average Bonchev–Trinajstić information content (AvgIpc) is 2.68. The zero-order chi connectivity index (χ0) is 20.4. The first-order valence-corrected chi connectivity index (χ1v) is 11.3. The van der Waals surface area contributed by atoms with E-state index < -0.39 is 10.8 Å². The summed E-state index contributed by atoms with van der Waals surface area (Å²) in [5, 5.41) is 6.26. The maximum absolute atomic E-state index is 12.3. The van der Waals surface area contributed by atoms with E-state index in [9.17, 15) is 9.00 Å². The number of hydrogen-bond acceptors (Lipinski definition) is 4. The van der Waals surface area contributed by atoms with Crippen LogP contribution in [0.1, 0.15) is 20.8 Å². The van der Waals surface area contributed by atoms with Crippen molar-refractivity contribution in [3.63, 3.8) is 0 Å². The van der Waals surface area contributed by atoms with E-state index in [1.165, 1.54) is 0 Å². The SMILES string of the molecule is CCNC(=NCCS(=O)c1ccccc1)N1CCN(CC(=O)NC(C)C)CC1.I. The molecule has 1 fully saturated rings. The summed E-state index contributed by atoms with van der Waals surface area (Å²) < 4.78 is 12.3. The average molecular weight is 535 g/mol. The van der Waals surface area contributed by atoms with Gasteiger partial charge in [-0.3, -0.25) is 18.9 Å². The van der Waals surface area contributed by atoms with Crippen molar-refractivity contribution >= 4 is 46.6 Å². The van der Waals surface area contributed by atoms with Crippen molar-refractivity contribution in [1.82, 2.24) is 20.4 Å². The molecule has 0 bridgehead atoms. The minimum absolute atomic E-state index is 0. The van der Waals surface area contributed by atoms with E-state index in [4.69, 9.17) is 0 Å². The lowest BCUT2D eigenvalue weighted by molar-refractivity contribution is -0.123. The molecule has 2 N–H and O–H groups in total. The normalized spacial score (nSPS) is 16.3. The van der Waals surface area contributed by atoms with Crippen molar-refractivity contribution in [2.75, 3.05) is 51.6 Å². The number of nitrogens with one attached hydrogen (secondary N) is 2. The third-order valence-corrected chi connectivity index (χ3v) is 5.72. The van der Waals surface area contributed by atoms with E-state index in [0.717, 1.165) is 43.6 Å². The van der Waals surface area contributed by atoms with Gasteiger partial charge in [0.2, 0.25) is 5.91 Å². The molecule has 9 heteroatoms. The van der Waals surface area contributed by atoms with Crippen LogP contribution in [0.3, 0.4) is 0 Å². The molecule has 0 aromatic heterocycles. The largest absolute Gasteiger partial charge is 0.357 e. The molecule has 1 aliphatic rings. The van der Waals surface area contributed by atoms with Crippen molar-refractivity contribution in [1.29, 1.82) is 0 Å². The minimum atomic E-state index is -1.03. The van der Waals surface area contributed by atoms with Crippen LogP contribution < -0.4 is 10.6 Å². The van der Waals surface area contributed by atoms with Crippen LogP contribution in [0.25, 0.3) is 0 Å². The van der Waals surface area contributed by atoms with Gasteiger partial charge in [-0.05, 0) is 32.9 Å². The van der Waals surface area contributed by atoms with E-state index >= 15 is 0 Å². The van der Waals surface area contributed by atoms with E-state index in [1.807, 2.05) is 51.1 Å². The molecule has 2 rings (SSSR count). The second-order valence-electron chi connectivity index (χ2n) is 7.08. The zero-order valence-electron chi connectivity index (χ0n) is 17.6. The molecular weight excluding hydrogens is 501 g/mol. The summed E-state index contributed by atoms with van der Waals surface area (Å²) in [4.78, 5) is 21.8. The van der Waals surface area contributed by atoms with E-state index in [1.54, 1.807) is 0 Å². The Hall–Kier alpha value is -1.20. The van der Waals surface area contributed by atoms with Crippen molar-refractivity contribution in [2.24, 2.45) is 4.99 Å². The fraction of sp³-hybridized carbons (Fsp3) is 0.600. The van der Waals surface area contributed by atoms with Crippen molar-refractivity contribution < 1.29 is 9.00 Å². The summed E-state index contributed by atoms with van der Waals surface area (Å²) in [6.45, 7) is 11.0. The van der Waals surface area contributed by atoms with Gasteiger partial charge in [0, 0.05) is 49.4 Å². The number of guanidine groups is 1. The smallest absolute Gasteiger partial charge is 0.234 e. The van der Waals surface area contributed by atoms with Crippen LogP contribution in [-0.4, -0.2) is 83.5 Å². The second-order valence-corrected chi connectivity index (χ2v) is 8.65. The molecule has 1 aliphatic heterocycles. The second kappa shape index (κ2) is 13.9. The predicted molar refractivity (Wildman–Crippen MR) is 130 cm³/mol. The Labute approximate surface area is 194 Å². The molecule has 29 heavy (non-hydrogen) atoms. The number of nitrogens with zero attached hydrogens (tertiary/aromatic N) is 3. The molecule has 1 amide bonds. The molecule has 1 saturated heterocycles. The van der Waals surface area contributed by atoms with Crippen molar-refractivity contribution in [3.05, 3.63) is 30.3 Å². The number of carbonyl (C=O) groups excluding carboxylic acids is 1. The van der Waals surface area contributed by atoms with Crippen LogP contribution in [0.15, 0.2) is 40.2 Å². The first-order valence-electron chi connectivity index (χ1n) is 9.98. The molecule has 164 valence electrons. The molecule has 0 saturated carbocycles. The number of piperazine rings is 1. The first-order chi connectivity index (χ1) is 13.5. The lowest BCUT2D eigenvalue weighted by Gasteiger charge is -2.36. The Kier molecular flexibility index (Phi) is 12.4. The molecule has 1 heterocycles. The highest BCUT2D eigenvalue weighted by Gasteiger charge is 2.21. The third-order valence-electron chi connectivity index (χ3n) is 4.37. The van der Waals surface area contributed by atoms with Gasteiger partial charge in [-0.25, -0.2) is 0 Å². The number of amides is 1. The maximum Gasteiger partial charge on any atom is 0.234 e. The zero-order valence-corrected chi connectivity index (χ0v) is 20.7. The Bertz CT molecular complexity index is 664. The predicted octanol–water partition coefficient (Wildman–Crippen LogP) is 1.52. The third kappa shape index (κ3) is 9.43. The quantitative estimate of drug-likeness (QED) is 0.300. The van der Waals surface area contributed by atoms with E-state index in [0.29, 0.717) is 18.8 Å². The van der Waals surface area contributed by atoms with Gasteiger partial charge >= 0.3 is 0 Å². The van der Waals surface area contributed by atoms with Gasteiger partial charge in [-0.15, -0.1) is 24.0 Å². The monoisotopic (exact) mass is 535 g/mol. The molecule has 0 aliphatic carbocycles. The number of halogens is 1. The maximum atomic E-state index is 12.3. The van der Waals surface area contributed by atoms with E-state index in [-0.39, 0.29) is 35.9 Å². The first kappa shape index (κ1) is 25.8. The fourth-order valence-electron chi connectivity index (χ4n) is 3.04. The number of aliphatic imine (C=N–C) groups is 1. The number of rotatable bonds is 8. The highest BCUT2D eigenvalue weighted by molar-refractivity contribution is 14.0.